The standard InChI is InChI=1S/C9H21N3/c1-10-6-8-7-12(3)5-4-9(8)11-2/h8-11H,4-7H2,1-3H3. The molecule has 12 heavy (non-hydrogen) atoms. The van der Waals surface area contributed by atoms with E-state index in [4.69, 9.17) is 0 Å². The van der Waals surface area contributed by atoms with Gasteiger partial charge in [0.15, 0.2) is 0 Å². The number of nitrogens with zero attached hydrogens (tertiary/aromatic N) is 1. The zero-order valence-electron chi connectivity index (χ0n) is 8.43. The number of likely N-dealkylation sites (tertiary alicyclic amines) is 1. The Bertz CT molecular complexity index is 127. The molecule has 1 aliphatic rings. The van der Waals surface area contributed by atoms with E-state index < -0.39 is 0 Å². The molecule has 2 atom stereocenters. The zero-order chi connectivity index (χ0) is 8.97. The molecule has 0 spiro atoms. The molecule has 0 amide bonds. The molecule has 3 heteroatoms. The van der Waals surface area contributed by atoms with Crippen molar-refractivity contribution in [3.63, 3.8) is 0 Å². The first-order chi connectivity index (χ1) is 5.77. The van der Waals surface area contributed by atoms with Gasteiger partial charge >= 0.3 is 0 Å². The van der Waals surface area contributed by atoms with Crippen molar-refractivity contribution < 1.29 is 0 Å². The van der Waals surface area contributed by atoms with E-state index in [1.807, 2.05) is 7.05 Å². The van der Waals surface area contributed by atoms with Crippen LogP contribution in [0.25, 0.3) is 0 Å². The van der Waals surface area contributed by atoms with Gasteiger partial charge in [0.2, 0.25) is 0 Å². The minimum Gasteiger partial charge on any atom is -0.319 e. The summed E-state index contributed by atoms with van der Waals surface area (Å²) in [4.78, 5) is 2.41. The van der Waals surface area contributed by atoms with E-state index >= 15 is 0 Å². The van der Waals surface area contributed by atoms with Gasteiger partial charge in [0, 0.05) is 19.1 Å². The van der Waals surface area contributed by atoms with Gasteiger partial charge in [0.1, 0.15) is 0 Å². The van der Waals surface area contributed by atoms with Crippen molar-refractivity contribution >= 4 is 0 Å². The first kappa shape index (κ1) is 9.96. The van der Waals surface area contributed by atoms with Gasteiger partial charge in [0.05, 0.1) is 0 Å². The number of piperidine rings is 1. The lowest BCUT2D eigenvalue weighted by Gasteiger charge is -2.36. The summed E-state index contributed by atoms with van der Waals surface area (Å²) in [6, 6.07) is 0.702. The van der Waals surface area contributed by atoms with Crippen LogP contribution in [0.4, 0.5) is 0 Å². The Morgan fingerprint density at radius 1 is 1.42 bits per heavy atom. The van der Waals surface area contributed by atoms with Gasteiger partial charge in [-0.05, 0) is 40.0 Å². The van der Waals surface area contributed by atoms with Crippen molar-refractivity contribution in [2.45, 2.75) is 12.5 Å². The summed E-state index contributed by atoms with van der Waals surface area (Å²) in [5.41, 5.74) is 0. The molecule has 0 saturated carbocycles. The zero-order valence-corrected chi connectivity index (χ0v) is 8.43. The van der Waals surface area contributed by atoms with Crippen LogP contribution in [0.15, 0.2) is 0 Å². The molecule has 1 saturated heterocycles. The fourth-order valence-corrected chi connectivity index (χ4v) is 2.06. The summed E-state index contributed by atoms with van der Waals surface area (Å²) >= 11 is 0. The fraction of sp³-hybridized carbons (Fsp3) is 1.00. The Morgan fingerprint density at radius 3 is 2.75 bits per heavy atom. The molecular weight excluding hydrogens is 150 g/mol. The van der Waals surface area contributed by atoms with Gasteiger partial charge in [-0.1, -0.05) is 0 Å². The minimum absolute atomic E-state index is 0.702. The maximum Gasteiger partial charge on any atom is 0.0129 e. The summed E-state index contributed by atoms with van der Waals surface area (Å²) in [5, 5.41) is 6.65. The summed E-state index contributed by atoms with van der Waals surface area (Å²) in [6.07, 6.45) is 1.28. The molecule has 0 aromatic carbocycles. The third kappa shape index (κ3) is 2.44. The molecule has 0 aromatic rings. The maximum absolute atomic E-state index is 3.39. The van der Waals surface area contributed by atoms with E-state index in [0.717, 1.165) is 12.5 Å². The van der Waals surface area contributed by atoms with E-state index in [-0.39, 0.29) is 0 Å². The molecule has 2 unspecified atom stereocenters. The third-order valence-electron chi connectivity index (χ3n) is 2.77. The van der Waals surface area contributed by atoms with Crippen LogP contribution in [0, 0.1) is 5.92 Å². The summed E-state index contributed by atoms with van der Waals surface area (Å²) in [7, 11) is 6.30. The van der Waals surface area contributed by atoms with Gasteiger partial charge < -0.3 is 15.5 Å². The molecule has 0 aliphatic carbocycles. The summed E-state index contributed by atoms with van der Waals surface area (Å²) < 4.78 is 0. The van der Waals surface area contributed by atoms with Crippen molar-refractivity contribution in [2.24, 2.45) is 5.92 Å². The van der Waals surface area contributed by atoms with Crippen LogP contribution >= 0.6 is 0 Å². The molecular formula is C9H21N3. The van der Waals surface area contributed by atoms with E-state index in [0.29, 0.717) is 6.04 Å². The topological polar surface area (TPSA) is 27.3 Å². The predicted molar refractivity (Wildman–Crippen MR) is 52.4 cm³/mol. The largest absolute Gasteiger partial charge is 0.319 e. The van der Waals surface area contributed by atoms with Crippen LogP contribution < -0.4 is 10.6 Å². The highest BCUT2D eigenvalue weighted by Crippen LogP contribution is 2.14. The van der Waals surface area contributed by atoms with Crippen LogP contribution in [-0.4, -0.2) is 51.7 Å². The monoisotopic (exact) mass is 171 g/mol. The maximum atomic E-state index is 3.39. The summed E-state index contributed by atoms with van der Waals surface area (Å²) in [5.74, 6) is 0.763. The molecule has 1 heterocycles. The van der Waals surface area contributed by atoms with Gasteiger partial charge in [-0.3, -0.25) is 0 Å². The third-order valence-corrected chi connectivity index (χ3v) is 2.77. The van der Waals surface area contributed by atoms with Crippen molar-refractivity contribution in [1.29, 1.82) is 0 Å². The van der Waals surface area contributed by atoms with Crippen molar-refractivity contribution in [2.75, 3.05) is 40.8 Å². The molecule has 3 nitrogen and oxygen atoms in total. The quantitative estimate of drug-likeness (QED) is 0.613. The van der Waals surface area contributed by atoms with Crippen LogP contribution in [0.2, 0.25) is 0 Å². The highest BCUT2D eigenvalue weighted by Gasteiger charge is 2.25. The molecule has 1 fully saturated rings. The molecule has 1 aliphatic heterocycles. The normalized spacial score (nSPS) is 32.2. The molecule has 1 rings (SSSR count). The second-order valence-corrected chi connectivity index (χ2v) is 3.76. The Morgan fingerprint density at radius 2 is 2.17 bits per heavy atom. The second kappa shape index (κ2) is 4.80. The number of nitrogens with one attached hydrogen (secondary N) is 2. The van der Waals surface area contributed by atoms with E-state index in [2.05, 4.69) is 29.6 Å². The average molecular weight is 171 g/mol. The van der Waals surface area contributed by atoms with Crippen molar-refractivity contribution in [1.82, 2.24) is 15.5 Å². The van der Waals surface area contributed by atoms with Crippen molar-refractivity contribution in [3.8, 4) is 0 Å². The van der Waals surface area contributed by atoms with Crippen LogP contribution in [0.3, 0.4) is 0 Å². The molecule has 72 valence electrons. The van der Waals surface area contributed by atoms with Gasteiger partial charge in [-0.25, -0.2) is 0 Å². The highest BCUT2D eigenvalue weighted by atomic mass is 15.1. The highest BCUT2D eigenvalue weighted by molar-refractivity contribution is 4.84. The number of hydrogen-bond donors (Lipinski definition) is 2. The molecule has 0 aromatic heterocycles. The first-order valence-electron chi connectivity index (χ1n) is 4.78. The Kier molecular flexibility index (Phi) is 3.98. The number of hydrogen-bond acceptors (Lipinski definition) is 3. The smallest absolute Gasteiger partial charge is 0.0129 e. The van der Waals surface area contributed by atoms with E-state index in [1.165, 1.54) is 19.5 Å². The minimum atomic E-state index is 0.702. The van der Waals surface area contributed by atoms with Crippen LogP contribution in [0.1, 0.15) is 6.42 Å². The lowest BCUT2D eigenvalue weighted by Crippen LogP contribution is -2.50. The lowest BCUT2D eigenvalue weighted by molar-refractivity contribution is 0.168. The van der Waals surface area contributed by atoms with Gasteiger partial charge in [-0.2, -0.15) is 0 Å². The van der Waals surface area contributed by atoms with Gasteiger partial charge in [0.25, 0.3) is 0 Å². The Balaban J connectivity index is 2.40. The van der Waals surface area contributed by atoms with Crippen LogP contribution in [0.5, 0.6) is 0 Å². The lowest BCUT2D eigenvalue weighted by atomic mass is 9.92. The van der Waals surface area contributed by atoms with Gasteiger partial charge in [-0.15, -0.1) is 0 Å². The SMILES string of the molecule is CNCC1CN(C)CCC1NC. The fourth-order valence-electron chi connectivity index (χ4n) is 2.06. The Hall–Kier alpha value is -0.120. The summed E-state index contributed by atoms with van der Waals surface area (Å²) in [6.45, 7) is 3.56. The first-order valence-corrected chi connectivity index (χ1v) is 4.78. The number of rotatable bonds is 3. The van der Waals surface area contributed by atoms with Crippen LogP contribution in [-0.2, 0) is 0 Å². The average Bonchev–Trinajstić information content (AvgIpc) is 2.05. The van der Waals surface area contributed by atoms with E-state index in [1.54, 1.807) is 0 Å². The molecule has 0 radical (unpaired) electrons. The van der Waals surface area contributed by atoms with Crippen molar-refractivity contribution in [3.05, 3.63) is 0 Å². The molecule has 0 bridgehead atoms. The Labute approximate surface area is 75.5 Å². The second-order valence-electron chi connectivity index (χ2n) is 3.76. The predicted octanol–water partition coefficient (Wildman–Crippen LogP) is -0.254. The van der Waals surface area contributed by atoms with E-state index in [9.17, 15) is 0 Å². The molecule has 2 N–H and O–H groups in total.